The molecule has 2 N–H and O–H groups in total. The smallest absolute Gasteiger partial charge is 0.289 e. The van der Waals surface area contributed by atoms with Crippen molar-refractivity contribution < 1.29 is 4.92 Å². The lowest BCUT2D eigenvalue weighted by Crippen LogP contribution is -2.41. The van der Waals surface area contributed by atoms with Crippen molar-refractivity contribution >= 4 is 23.1 Å². The number of nitrogens with two attached hydrogens (primary N) is 1. The molecule has 104 valence electrons. The summed E-state index contributed by atoms with van der Waals surface area (Å²) in [5.41, 5.74) is 5.55. The lowest BCUT2D eigenvalue weighted by Gasteiger charge is -2.37. The van der Waals surface area contributed by atoms with Crippen LogP contribution in [0.3, 0.4) is 0 Å². The molecule has 0 aliphatic carbocycles. The molecule has 1 saturated heterocycles. The predicted octanol–water partition coefficient (Wildman–Crippen LogP) is 2.35. The van der Waals surface area contributed by atoms with E-state index in [0.717, 1.165) is 25.8 Å². The third kappa shape index (κ3) is 3.13. The molecule has 0 aromatic carbocycles. The molecule has 1 aromatic rings. The van der Waals surface area contributed by atoms with Gasteiger partial charge in [0, 0.05) is 18.7 Å². The molecule has 19 heavy (non-hydrogen) atoms. The first-order valence-corrected chi connectivity index (χ1v) is 6.78. The van der Waals surface area contributed by atoms with E-state index in [-0.39, 0.29) is 5.69 Å². The van der Waals surface area contributed by atoms with Crippen LogP contribution < -0.4 is 10.6 Å². The van der Waals surface area contributed by atoms with E-state index in [2.05, 4.69) is 9.88 Å². The highest BCUT2D eigenvalue weighted by atomic mass is 35.5. The number of hydrogen-bond acceptors (Lipinski definition) is 5. The quantitative estimate of drug-likeness (QED) is 0.677. The fraction of sp³-hybridized carbons (Fsp3) is 0.583. The molecule has 7 heteroatoms. The molecular formula is C12H17ClN4O2. The van der Waals surface area contributed by atoms with Gasteiger partial charge in [0.1, 0.15) is 12.0 Å². The lowest BCUT2D eigenvalue weighted by molar-refractivity contribution is -0.385. The Bertz CT molecular complexity index is 467. The van der Waals surface area contributed by atoms with Crippen molar-refractivity contribution in [2.24, 2.45) is 5.73 Å². The van der Waals surface area contributed by atoms with Crippen LogP contribution in [0.2, 0.25) is 5.02 Å². The van der Waals surface area contributed by atoms with Gasteiger partial charge in [0.15, 0.2) is 0 Å². The summed E-state index contributed by atoms with van der Waals surface area (Å²) in [6.07, 6.45) is 5.46. The van der Waals surface area contributed by atoms with Crippen LogP contribution in [-0.4, -0.2) is 29.0 Å². The second-order valence-electron chi connectivity index (χ2n) is 4.68. The number of aromatic nitrogens is 1. The van der Waals surface area contributed by atoms with E-state index < -0.39 is 4.92 Å². The molecule has 1 aliphatic heterocycles. The Hall–Kier alpha value is -1.40. The third-order valence-corrected chi connectivity index (χ3v) is 3.70. The molecular weight excluding hydrogens is 268 g/mol. The van der Waals surface area contributed by atoms with Crippen LogP contribution in [0.5, 0.6) is 0 Å². The predicted molar refractivity (Wildman–Crippen MR) is 74.6 cm³/mol. The summed E-state index contributed by atoms with van der Waals surface area (Å²) in [7, 11) is 0. The summed E-state index contributed by atoms with van der Waals surface area (Å²) in [6.45, 7) is 1.49. The van der Waals surface area contributed by atoms with E-state index in [4.69, 9.17) is 17.3 Å². The fourth-order valence-corrected chi connectivity index (χ4v) is 2.77. The number of piperidine rings is 1. The molecule has 1 atom stereocenters. The lowest BCUT2D eigenvalue weighted by atomic mass is 9.99. The van der Waals surface area contributed by atoms with Crippen LogP contribution >= 0.6 is 11.6 Å². The molecule has 2 rings (SSSR count). The largest absolute Gasteiger partial charge is 0.352 e. The molecule has 0 spiro atoms. The van der Waals surface area contributed by atoms with Gasteiger partial charge in [0.25, 0.3) is 5.69 Å². The van der Waals surface area contributed by atoms with Crippen LogP contribution in [0, 0.1) is 10.1 Å². The number of halogens is 1. The van der Waals surface area contributed by atoms with Gasteiger partial charge in [0.2, 0.25) is 0 Å². The maximum Gasteiger partial charge on any atom is 0.289 e. The van der Waals surface area contributed by atoms with Gasteiger partial charge in [-0.25, -0.2) is 4.98 Å². The molecule has 0 saturated carbocycles. The highest BCUT2D eigenvalue weighted by Crippen LogP contribution is 2.32. The number of pyridine rings is 1. The zero-order valence-corrected chi connectivity index (χ0v) is 11.3. The van der Waals surface area contributed by atoms with Crippen molar-refractivity contribution in [1.82, 2.24) is 4.98 Å². The summed E-state index contributed by atoms with van der Waals surface area (Å²) in [6, 6.07) is 1.68. The summed E-state index contributed by atoms with van der Waals surface area (Å²) in [4.78, 5) is 16.5. The summed E-state index contributed by atoms with van der Waals surface area (Å²) in [5.74, 6) is 0.630. The topological polar surface area (TPSA) is 85.3 Å². The normalized spacial score (nSPS) is 19.5. The van der Waals surface area contributed by atoms with Crippen molar-refractivity contribution in [3.8, 4) is 0 Å². The standard InChI is InChI=1S/C12H17ClN4O2/c13-11-7-10(17(18)19)8-15-12(11)16-6-2-1-3-9(16)4-5-14/h7-9H,1-6,14H2. The Kier molecular flexibility index (Phi) is 4.55. The monoisotopic (exact) mass is 284 g/mol. The van der Waals surface area contributed by atoms with E-state index in [9.17, 15) is 10.1 Å². The second kappa shape index (κ2) is 6.16. The maximum atomic E-state index is 10.7. The minimum Gasteiger partial charge on any atom is -0.352 e. The number of nitro groups is 1. The molecule has 1 fully saturated rings. The minimum atomic E-state index is -0.490. The Morgan fingerprint density at radius 3 is 3.00 bits per heavy atom. The third-order valence-electron chi connectivity index (χ3n) is 3.42. The van der Waals surface area contributed by atoms with Crippen LogP contribution in [0.15, 0.2) is 12.3 Å². The van der Waals surface area contributed by atoms with Gasteiger partial charge in [-0.15, -0.1) is 0 Å². The average molecular weight is 285 g/mol. The first-order chi connectivity index (χ1) is 9.13. The second-order valence-corrected chi connectivity index (χ2v) is 5.08. The van der Waals surface area contributed by atoms with E-state index in [1.807, 2.05) is 0 Å². The maximum absolute atomic E-state index is 10.7. The molecule has 1 aliphatic rings. The van der Waals surface area contributed by atoms with Crippen LogP contribution in [0.4, 0.5) is 11.5 Å². The Morgan fingerprint density at radius 1 is 1.58 bits per heavy atom. The van der Waals surface area contributed by atoms with Crippen molar-refractivity contribution in [2.45, 2.75) is 31.7 Å². The average Bonchev–Trinajstić information content (AvgIpc) is 2.40. The van der Waals surface area contributed by atoms with Gasteiger partial charge in [-0.05, 0) is 32.2 Å². The number of nitrogens with zero attached hydrogens (tertiary/aromatic N) is 3. The zero-order chi connectivity index (χ0) is 13.8. The van der Waals surface area contributed by atoms with E-state index in [1.54, 1.807) is 0 Å². The number of hydrogen-bond donors (Lipinski definition) is 1. The number of anilines is 1. The number of rotatable bonds is 4. The van der Waals surface area contributed by atoms with Crippen molar-refractivity contribution in [3.05, 3.63) is 27.4 Å². The van der Waals surface area contributed by atoms with E-state index >= 15 is 0 Å². The Labute approximate surface area is 116 Å². The Morgan fingerprint density at radius 2 is 2.37 bits per heavy atom. The van der Waals surface area contributed by atoms with Gasteiger partial charge in [-0.3, -0.25) is 10.1 Å². The van der Waals surface area contributed by atoms with Crippen LogP contribution in [-0.2, 0) is 0 Å². The molecule has 0 amide bonds. The molecule has 1 aromatic heterocycles. The van der Waals surface area contributed by atoms with Gasteiger partial charge in [0.05, 0.1) is 9.95 Å². The van der Waals surface area contributed by atoms with Crippen LogP contribution in [0.1, 0.15) is 25.7 Å². The van der Waals surface area contributed by atoms with Gasteiger partial charge < -0.3 is 10.6 Å². The molecule has 1 unspecified atom stereocenters. The summed E-state index contributed by atoms with van der Waals surface area (Å²) >= 11 is 6.13. The highest BCUT2D eigenvalue weighted by Gasteiger charge is 2.25. The van der Waals surface area contributed by atoms with Gasteiger partial charge in [-0.2, -0.15) is 0 Å². The first-order valence-electron chi connectivity index (χ1n) is 6.40. The highest BCUT2D eigenvalue weighted by molar-refractivity contribution is 6.33. The van der Waals surface area contributed by atoms with E-state index in [1.165, 1.54) is 18.7 Å². The summed E-state index contributed by atoms with van der Waals surface area (Å²) in [5, 5.41) is 11.0. The van der Waals surface area contributed by atoms with Crippen molar-refractivity contribution in [2.75, 3.05) is 18.0 Å². The molecule has 2 heterocycles. The molecule has 0 bridgehead atoms. The Balaban J connectivity index is 2.26. The first kappa shape index (κ1) is 14.0. The van der Waals surface area contributed by atoms with Crippen LogP contribution in [0.25, 0.3) is 0 Å². The fourth-order valence-electron chi connectivity index (χ4n) is 2.50. The zero-order valence-electron chi connectivity index (χ0n) is 10.6. The van der Waals surface area contributed by atoms with Crippen molar-refractivity contribution in [1.29, 1.82) is 0 Å². The molecule has 0 radical (unpaired) electrons. The van der Waals surface area contributed by atoms with Crippen molar-refractivity contribution in [3.63, 3.8) is 0 Å². The van der Waals surface area contributed by atoms with Gasteiger partial charge >= 0.3 is 0 Å². The van der Waals surface area contributed by atoms with E-state index in [0.29, 0.717) is 23.4 Å². The minimum absolute atomic E-state index is 0.0823. The summed E-state index contributed by atoms with van der Waals surface area (Å²) < 4.78 is 0. The SMILES string of the molecule is NCCC1CCCCN1c1ncc([N+](=O)[O-])cc1Cl. The van der Waals surface area contributed by atoms with Gasteiger partial charge in [-0.1, -0.05) is 11.6 Å². The molecule has 6 nitrogen and oxygen atoms in total.